The van der Waals surface area contributed by atoms with Crippen LogP contribution in [0.2, 0.25) is 0 Å². The van der Waals surface area contributed by atoms with Gasteiger partial charge in [-0.05, 0) is 49.9 Å². The minimum Gasteiger partial charge on any atom is -0.463 e. The highest BCUT2D eigenvalue weighted by atomic mass is 16.5. The second-order valence-corrected chi connectivity index (χ2v) is 9.07. The van der Waals surface area contributed by atoms with Crippen molar-refractivity contribution in [3.63, 3.8) is 0 Å². The average Bonchev–Trinajstić information content (AvgIpc) is 2.82. The van der Waals surface area contributed by atoms with E-state index in [1.165, 1.54) is 0 Å². The van der Waals surface area contributed by atoms with Gasteiger partial charge in [0.2, 0.25) is 5.91 Å². The van der Waals surface area contributed by atoms with E-state index in [0.29, 0.717) is 29.3 Å². The van der Waals surface area contributed by atoms with Crippen LogP contribution in [0.3, 0.4) is 0 Å². The Morgan fingerprint density at radius 1 is 1.06 bits per heavy atom. The molecule has 0 aromatic heterocycles. The third-order valence-electron chi connectivity index (χ3n) is 6.44. The minimum absolute atomic E-state index is 0.0491. The first-order valence-corrected chi connectivity index (χ1v) is 11.9. The number of carbonyl (C=O) groups excluding carboxylic acids is 3. The van der Waals surface area contributed by atoms with E-state index in [2.05, 4.69) is 19.2 Å². The van der Waals surface area contributed by atoms with Gasteiger partial charge in [-0.25, -0.2) is 4.79 Å². The second kappa shape index (κ2) is 11.1. The van der Waals surface area contributed by atoms with Crippen molar-refractivity contribution >= 4 is 17.8 Å². The number of benzene rings is 2. The highest BCUT2D eigenvalue weighted by Crippen LogP contribution is 2.37. The molecule has 2 atom stereocenters. The maximum absolute atomic E-state index is 13.2. The van der Waals surface area contributed by atoms with Gasteiger partial charge in [0.1, 0.15) is 0 Å². The Labute approximate surface area is 202 Å². The van der Waals surface area contributed by atoms with Crippen molar-refractivity contribution in [1.82, 2.24) is 10.2 Å². The zero-order valence-electron chi connectivity index (χ0n) is 20.6. The summed E-state index contributed by atoms with van der Waals surface area (Å²) in [5.41, 5.74) is 3.50. The molecule has 6 heteroatoms. The van der Waals surface area contributed by atoms with E-state index in [9.17, 15) is 14.4 Å². The highest BCUT2D eigenvalue weighted by molar-refractivity contribution is 5.96. The summed E-state index contributed by atoms with van der Waals surface area (Å²) in [5.74, 6) is -0.549. The van der Waals surface area contributed by atoms with Gasteiger partial charge in [-0.15, -0.1) is 0 Å². The van der Waals surface area contributed by atoms with E-state index < -0.39 is 5.97 Å². The van der Waals surface area contributed by atoms with Crippen LogP contribution < -0.4 is 5.32 Å². The summed E-state index contributed by atoms with van der Waals surface area (Å²) in [6, 6.07) is 16.9. The van der Waals surface area contributed by atoms with Crippen molar-refractivity contribution in [3.8, 4) is 0 Å². The lowest BCUT2D eigenvalue weighted by atomic mass is 9.83. The fourth-order valence-corrected chi connectivity index (χ4v) is 4.05. The van der Waals surface area contributed by atoms with Crippen molar-refractivity contribution in [1.29, 1.82) is 0 Å². The van der Waals surface area contributed by atoms with Crippen molar-refractivity contribution in [2.24, 2.45) is 5.92 Å². The molecule has 6 nitrogen and oxygen atoms in total. The van der Waals surface area contributed by atoms with E-state index in [1.54, 1.807) is 30.9 Å². The van der Waals surface area contributed by atoms with E-state index in [1.807, 2.05) is 49.4 Å². The first kappa shape index (κ1) is 25.2. The Hall–Kier alpha value is -3.41. The van der Waals surface area contributed by atoms with Gasteiger partial charge < -0.3 is 15.0 Å². The maximum Gasteiger partial charge on any atom is 0.336 e. The van der Waals surface area contributed by atoms with Gasteiger partial charge in [-0.1, -0.05) is 56.3 Å². The molecule has 2 aromatic carbocycles. The molecule has 0 spiro atoms. The molecule has 0 unspecified atom stereocenters. The van der Waals surface area contributed by atoms with Crippen molar-refractivity contribution in [2.75, 3.05) is 6.61 Å². The van der Waals surface area contributed by atoms with Crippen LogP contribution in [0.25, 0.3) is 0 Å². The lowest BCUT2D eigenvalue weighted by Crippen LogP contribution is -2.38. The molecule has 0 saturated carbocycles. The van der Waals surface area contributed by atoms with Gasteiger partial charge in [-0.2, -0.15) is 0 Å². The Morgan fingerprint density at radius 2 is 1.71 bits per heavy atom. The standard InChI is InChI=1S/C28H34N2O4/c1-6-34-28(33)26-20(5)30(25(31)16-24(26)22-10-8-7-9-11-22)17-21-12-14-23(15-13-21)27(32)29-19(4)18(2)3/h7-15,18-19,24H,6,16-17H2,1-5H3,(H,29,32)/t19-,24-/m0/s1. The smallest absolute Gasteiger partial charge is 0.336 e. The first-order valence-electron chi connectivity index (χ1n) is 11.9. The first-order chi connectivity index (χ1) is 16.2. The zero-order valence-corrected chi connectivity index (χ0v) is 20.6. The monoisotopic (exact) mass is 462 g/mol. The van der Waals surface area contributed by atoms with Crippen LogP contribution >= 0.6 is 0 Å². The lowest BCUT2D eigenvalue weighted by molar-refractivity contribution is -0.140. The number of esters is 1. The van der Waals surface area contributed by atoms with Crippen LogP contribution in [0.4, 0.5) is 0 Å². The van der Waals surface area contributed by atoms with E-state index in [0.717, 1.165) is 11.1 Å². The minimum atomic E-state index is -0.391. The van der Waals surface area contributed by atoms with Crippen LogP contribution in [-0.4, -0.2) is 35.3 Å². The fraction of sp³-hybridized carbons (Fsp3) is 0.393. The predicted octanol–water partition coefficient (Wildman–Crippen LogP) is 4.81. The SMILES string of the molecule is CCOC(=O)C1=C(C)N(Cc2ccc(C(=O)N[C@@H](C)C(C)C)cc2)C(=O)C[C@H]1c1ccccc1. The third kappa shape index (κ3) is 5.74. The summed E-state index contributed by atoms with van der Waals surface area (Å²) in [5, 5.41) is 3.00. The summed E-state index contributed by atoms with van der Waals surface area (Å²) in [7, 11) is 0. The molecule has 2 amide bonds. The topological polar surface area (TPSA) is 75.7 Å². The summed E-state index contributed by atoms with van der Waals surface area (Å²) in [4.78, 5) is 40.2. The molecule has 0 radical (unpaired) electrons. The van der Waals surface area contributed by atoms with Crippen LogP contribution in [0.5, 0.6) is 0 Å². The molecule has 3 rings (SSSR count). The van der Waals surface area contributed by atoms with Crippen LogP contribution in [0.1, 0.15) is 68.4 Å². The van der Waals surface area contributed by atoms with Crippen molar-refractivity contribution < 1.29 is 19.1 Å². The van der Waals surface area contributed by atoms with Gasteiger partial charge in [0, 0.05) is 29.6 Å². The normalized spacial score (nSPS) is 17.1. The largest absolute Gasteiger partial charge is 0.463 e. The van der Waals surface area contributed by atoms with Gasteiger partial charge >= 0.3 is 5.97 Å². The second-order valence-electron chi connectivity index (χ2n) is 9.07. The van der Waals surface area contributed by atoms with Crippen molar-refractivity contribution in [3.05, 3.63) is 82.6 Å². The lowest BCUT2D eigenvalue weighted by Gasteiger charge is -2.34. The van der Waals surface area contributed by atoms with E-state index >= 15 is 0 Å². The third-order valence-corrected chi connectivity index (χ3v) is 6.44. The van der Waals surface area contributed by atoms with Crippen LogP contribution in [-0.2, 0) is 20.9 Å². The molecule has 0 bridgehead atoms. The summed E-state index contributed by atoms with van der Waals surface area (Å²) in [6.45, 7) is 10.3. The Bertz CT molecular complexity index is 1060. The number of nitrogens with zero attached hydrogens (tertiary/aromatic N) is 1. The molecule has 1 N–H and O–H groups in total. The number of hydrogen-bond acceptors (Lipinski definition) is 4. The van der Waals surface area contributed by atoms with Crippen molar-refractivity contribution in [2.45, 2.75) is 59.5 Å². The molecule has 0 aliphatic carbocycles. The molecule has 1 heterocycles. The summed E-state index contributed by atoms with van der Waals surface area (Å²) >= 11 is 0. The number of ether oxygens (including phenoxy) is 1. The average molecular weight is 463 g/mol. The molecule has 1 aliphatic heterocycles. The van der Waals surface area contributed by atoms with E-state index in [-0.39, 0.29) is 36.8 Å². The zero-order chi connectivity index (χ0) is 24.8. The maximum atomic E-state index is 13.2. The van der Waals surface area contributed by atoms with Gasteiger partial charge in [0.15, 0.2) is 0 Å². The fourth-order valence-electron chi connectivity index (χ4n) is 4.05. The molecular weight excluding hydrogens is 428 g/mol. The molecule has 180 valence electrons. The number of carbonyl (C=O) groups is 3. The number of allylic oxidation sites excluding steroid dienone is 1. The number of rotatable bonds is 8. The molecule has 0 fully saturated rings. The summed E-state index contributed by atoms with van der Waals surface area (Å²) < 4.78 is 5.35. The molecule has 1 aliphatic rings. The summed E-state index contributed by atoms with van der Waals surface area (Å²) in [6.07, 6.45) is 0.198. The molecule has 34 heavy (non-hydrogen) atoms. The Morgan fingerprint density at radius 3 is 2.29 bits per heavy atom. The predicted molar refractivity (Wildman–Crippen MR) is 132 cm³/mol. The highest BCUT2D eigenvalue weighted by Gasteiger charge is 2.36. The van der Waals surface area contributed by atoms with Crippen LogP contribution in [0.15, 0.2) is 65.9 Å². The molecular formula is C28H34N2O4. The molecule has 2 aromatic rings. The van der Waals surface area contributed by atoms with Gasteiger partial charge in [-0.3, -0.25) is 9.59 Å². The number of nitrogens with one attached hydrogen (secondary N) is 1. The van der Waals surface area contributed by atoms with Crippen LogP contribution in [0, 0.1) is 5.92 Å². The molecule has 0 saturated heterocycles. The Balaban J connectivity index is 1.85. The van der Waals surface area contributed by atoms with Gasteiger partial charge in [0.25, 0.3) is 5.91 Å². The number of amides is 2. The quantitative estimate of drug-likeness (QED) is 0.571. The van der Waals surface area contributed by atoms with E-state index in [4.69, 9.17) is 4.74 Å². The van der Waals surface area contributed by atoms with Gasteiger partial charge in [0.05, 0.1) is 18.7 Å². The Kier molecular flexibility index (Phi) is 8.26. The number of hydrogen-bond donors (Lipinski definition) is 1.